The van der Waals surface area contributed by atoms with Crippen molar-refractivity contribution in [3.63, 3.8) is 0 Å². The number of hydrogen-bond donors (Lipinski definition) is 2. The van der Waals surface area contributed by atoms with Crippen LogP contribution in [0.4, 0.5) is 22.0 Å². The Hall–Kier alpha value is -1.77. The van der Waals surface area contributed by atoms with Crippen LogP contribution in [-0.2, 0) is 0 Å². The van der Waals surface area contributed by atoms with Gasteiger partial charge in [0.15, 0.2) is 23.3 Å². The zero-order chi connectivity index (χ0) is 16.3. The molecule has 3 nitrogen and oxygen atoms in total. The molecule has 0 aromatic heterocycles. The summed E-state index contributed by atoms with van der Waals surface area (Å²) in [5, 5.41) is 2.05. The Morgan fingerprint density at radius 1 is 1.10 bits per heavy atom. The summed E-state index contributed by atoms with van der Waals surface area (Å²) in [6.45, 7) is 1.73. The van der Waals surface area contributed by atoms with Gasteiger partial charge in [-0.2, -0.15) is 0 Å². The quantitative estimate of drug-likeness (QED) is 0.378. The molecule has 21 heavy (non-hydrogen) atoms. The number of nitrogens with one attached hydrogen (secondary N) is 1. The van der Waals surface area contributed by atoms with Crippen LogP contribution in [0.5, 0.6) is 0 Å². The van der Waals surface area contributed by atoms with Gasteiger partial charge in [0.25, 0.3) is 5.91 Å². The second-order valence-electron chi connectivity index (χ2n) is 4.16. The number of carbonyl (C=O) groups is 1. The van der Waals surface area contributed by atoms with Crippen molar-refractivity contribution in [1.82, 2.24) is 5.32 Å². The van der Waals surface area contributed by atoms with Gasteiger partial charge in [0.2, 0.25) is 5.82 Å². The molecule has 1 amide bonds. The van der Waals surface area contributed by atoms with E-state index in [1.54, 1.807) is 6.92 Å². The molecule has 0 saturated carbocycles. The molecule has 3 N–H and O–H groups in total. The van der Waals surface area contributed by atoms with Gasteiger partial charge in [0, 0.05) is 0 Å². The number of amides is 1. The topological polar surface area (TPSA) is 55.1 Å². The van der Waals surface area contributed by atoms with Crippen LogP contribution in [0.2, 0.25) is 0 Å². The van der Waals surface area contributed by atoms with Gasteiger partial charge in [-0.3, -0.25) is 4.79 Å². The smallest absolute Gasteiger partial charge is 0.258 e. The van der Waals surface area contributed by atoms with Crippen molar-refractivity contribution < 1.29 is 26.7 Å². The standard InChI is InChI=1S/C12H11F5N2OS/c1-2-3-4(11(18)21)19-12(20)5-6(13)8(15)10(17)9(16)7(5)14/h4H,2-3H2,1H3,(H2,18,21)(H,19,20). The molecule has 0 radical (unpaired) electrons. The maximum atomic E-state index is 13.4. The van der Waals surface area contributed by atoms with Gasteiger partial charge in [-0.1, -0.05) is 25.6 Å². The lowest BCUT2D eigenvalue weighted by molar-refractivity contribution is 0.0934. The predicted molar refractivity (Wildman–Crippen MR) is 69.2 cm³/mol. The Morgan fingerprint density at radius 2 is 1.52 bits per heavy atom. The number of benzene rings is 1. The second kappa shape index (κ2) is 6.79. The van der Waals surface area contributed by atoms with E-state index >= 15 is 0 Å². The van der Waals surface area contributed by atoms with Crippen molar-refractivity contribution in [2.75, 3.05) is 0 Å². The van der Waals surface area contributed by atoms with Crippen LogP contribution >= 0.6 is 12.2 Å². The molecule has 0 heterocycles. The Labute approximate surface area is 122 Å². The minimum Gasteiger partial charge on any atom is -0.392 e. The van der Waals surface area contributed by atoms with Crippen LogP contribution in [0.3, 0.4) is 0 Å². The van der Waals surface area contributed by atoms with E-state index in [-0.39, 0.29) is 11.4 Å². The van der Waals surface area contributed by atoms with Crippen LogP contribution in [0.25, 0.3) is 0 Å². The highest BCUT2D eigenvalue weighted by molar-refractivity contribution is 7.80. The van der Waals surface area contributed by atoms with E-state index in [2.05, 4.69) is 12.2 Å². The van der Waals surface area contributed by atoms with Gasteiger partial charge in [0.1, 0.15) is 5.56 Å². The first-order valence-electron chi connectivity index (χ1n) is 5.83. The zero-order valence-electron chi connectivity index (χ0n) is 10.8. The summed E-state index contributed by atoms with van der Waals surface area (Å²) in [6, 6.07) is -0.910. The molecule has 1 atom stereocenters. The number of hydrogen-bond acceptors (Lipinski definition) is 2. The molecular weight excluding hydrogens is 315 g/mol. The lowest BCUT2D eigenvalue weighted by atomic mass is 10.1. The van der Waals surface area contributed by atoms with Crippen LogP contribution in [-0.4, -0.2) is 16.9 Å². The molecule has 116 valence electrons. The van der Waals surface area contributed by atoms with Gasteiger partial charge in [-0.25, -0.2) is 22.0 Å². The zero-order valence-corrected chi connectivity index (χ0v) is 11.6. The average Bonchev–Trinajstić information content (AvgIpc) is 2.42. The van der Waals surface area contributed by atoms with E-state index < -0.39 is 46.6 Å². The molecule has 9 heteroatoms. The lowest BCUT2D eigenvalue weighted by Crippen LogP contribution is -2.44. The fraction of sp³-hybridized carbons (Fsp3) is 0.333. The normalized spacial score (nSPS) is 12.1. The van der Waals surface area contributed by atoms with E-state index in [1.807, 2.05) is 5.32 Å². The molecule has 1 rings (SSSR count). The number of nitrogens with two attached hydrogens (primary N) is 1. The van der Waals surface area contributed by atoms with Crippen LogP contribution in [0.1, 0.15) is 30.1 Å². The Kier molecular flexibility index (Phi) is 5.59. The van der Waals surface area contributed by atoms with Gasteiger partial charge in [-0.05, 0) is 6.42 Å². The summed E-state index contributed by atoms with van der Waals surface area (Å²) in [7, 11) is 0. The molecule has 0 spiro atoms. The Balaban J connectivity index is 3.22. The third-order valence-electron chi connectivity index (χ3n) is 2.66. The summed E-state index contributed by atoms with van der Waals surface area (Å²) in [5.41, 5.74) is 3.76. The lowest BCUT2D eigenvalue weighted by Gasteiger charge is -2.17. The van der Waals surface area contributed by atoms with E-state index in [0.29, 0.717) is 6.42 Å². The van der Waals surface area contributed by atoms with E-state index in [9.17, 15) is 26.7 Å². The molecule has 0 fully saturated rings. The highest BCUT2D eigenvalue weighted by Gasteiger charge is 2.30. The van der Waals surface area contributed by atoms with E-state index in [0.717, 1.165) is 0 Å². The minimum atomic E-state index is -2.33. The van der Waals surface area contributed by atoms with Gasteiger partial charge >= 0.3 is 0 Å². The summed E-state index contributed by atoms with van der Waals surface area (Å²) < 4.78 is 65.8. The van der Waals surface area contributed by atoms with Crippen molar-refractivity contribution in [3.05, 3.63) is 34.6 Å². The van der Waals surface area contributed by atoms with Crippen LogP contribution in [0.15, 0.2) is 0 Å². The van der Waals surface area contributed by atoms with Crippen molar-refractivity contribution >= 4 is 23.1 Å². The first-order valence-corrected chi connectivity index (χ1v) is 6.24. The molecule has 0 saturated heterocycles. The fourth-order valence-electron chi connectivity index (χ4n) is 1.61. The third-order valence-corrected chi connectivity index (χ3v) is 2.95. The second-order valence-corrected chi connectivity index (χ2v) is 4.63. The molecule has 0 bridgehead atoms. The number of rotatable bonds is 5. The van der Waals surface area contributed by atoms with Crippen molar-refractivity contribution in [1.29, 1.82) is 0 Å². The average molecular weight is 326 g/mol. The van der Waals surface area contributed by atoms with Crippen LogP contribution < -0.4 is 11.1 Å². The first-order chi connectivity index (χ1) is 9.72. The molecule has 0 aliphatic carbocycles. The summed E-state index contributed by atoms with van der Waals surface area (Å²) in [6.07, 6.45) is 0.788. The van der Waals surface area contributed by atoms with E-state index in [1.165, 1.54) is 0 Å². The Bertz CT molecular complexity index is 564. The SMILES string of the molecule is CCCC(NC(=O)c1c(F)c(F)c(F)c(F)c1F)C(N)=S. The van der Waals surface area contributed by atoms with Gasteiger partial charge in [0.05, 0.1) is 11.0 Å². The summed E-state index contributed by atoms with van der Waals surface area (Å²) in [4.78, 5) is 11.6. The maximum absolute atomic E-state index is 13.4. The summed E-state index contributed by atoms with van der Waals surface area (Å²) >= 11 is 4.66. The van der Waals surface area contributed by atoms with Crippen molar-refractivity contribution in [2.45, 2.75) is 25.8 Å². The number of carbonyl (C=O) groups excluding carboxylic acids is 1. The molecule has 1 aromatic rings. The maximum Gasteiger partial charge on any atom is 0.258 e. The van der Waals surface area contributed by atoms with Crippen LogP contribution in [0, 0.1) is 29.1 Å². The molecule has 0 aliphatic rings. The highest BCUT2D eigenvalue weighted by Crippen LogP contribution is 2.23. The summed E-state index contributed by atoms with van der Waals surface area (Å²) in [5.74, 6) is -12.6. The predicted octanol–water partition coefficient (Wildman–Crippen LogP) is 2.57. The van der Waals surface area contributed by atoms with E-state index in [4.69, 9.17) is 5.73 Å². The van der Waals surface area contributed by atoms with Crippen molar-refractivity contribution in [3.8, 4) is 0 Å². The fourth-order valence-corrected chi connectivity index (χ4v) is 1.79. The number of halogens is 5. The monoisotopic (exact) mass is 326 g/mol. The first kappa shape index (κ1) is 17.3. The van der Waals surface area contributed by atoms with Gasteiger partial charge in [-0.15, -0.1) is 0 Å². The minimum absolute atomic E-state index is 0.158. The van der Waals surface area contributed by atoms with Crippen molar-refractivity contribution in [2.24, 2.45) is 5.73 Å². The molecular formula is C12H11F5N2OS. The largest absolute Gasteiger partial charge is 0.392 e. The van der Waals surface area contributed by atoms with Gasteiger partial charge < -0.3 is 11.1 Å². The molecule has 1 aromatic carbocycles. The molecule has 1 unspecified atom stereocenters. The number of thiocarbonyl (C=S) groups is 1. The highest BCUT2D eigenvalue weighted by atomic mass is 32.1. The molecule has 0 aliphatic heterocycles. The third kappa shape index (κ3) is 3.46. The Morgan fingerprint density at radius 3 is 1.90 bits per heavy atom.